The van der Waals surface area contributed by atoms with Crippen LogP contribution in [0.5, 0.6) is 0 Å². The van der Waals surface area contributed by atoms with Crippen LogP contribution in [0.2, 0.25) is 5.02 Å². The molecule has 0 unspecified atom stereocenters. The van der Waals surface area contributed by atoms with Gasteiger partial charge in [0.15, 0.2) is 11.5 Å². The van der Waals surface area contributed by atoms with E-state index >= 15 is 0 Å². The molecule has 1 amide bonds. The van der Waals surface area contributed by atoms with Crippen LogP contribution in [0.3, 0.4) is 0 Å². The van der Waals surface area contributed by atoms with E-state index in [-0.39, 0.29) is 33.3 Å². The highest BCUT2D eigenvalue weighted by Crippen LogP contribution is 2.34. The summed E-state index contributed by atoms with van der Waals surface area (Å²) < 4.78 is 25.8. The summed E-state index contributed by atoms with van der Waals surface area (Å²) in [7, 11) is -2.69. The van der Waals surface area contributed by atoms with Gasteiger partial charge in [0.05, 0.1) is 4.90 Å². The van der Waals surface area contributed by atoms with Gasteiger partial charge in [0.2, 0.25) is 0 Å². The van der Waals surface area contributed by atoms with E-state index in [1.54, 1.807) is 48.5 Å². The van der Waals surface area contributed by atoms with Crippen LogP contribution in [0, 0.1) is 6.92 Å². The second-order valence-corrected chi connectivity index (χ2v) is 11.8. The molecule has 0 spiro atoms. The van der Waals surface area contributed by atoms with Crippen molar-refractivity contribution in [2.75, 3.05) is 17.7 Å². The summed E-state index contributed by atoms with van der Waals surface area (Å²) in [5, 5.41) is 25.5. The number of benzene rings is 2. The van der Waals surface area contributed by atoms with Crippen molar-refractivity contribution in [1.29, 1.82) is 0 Å². The fraction of sp³-hybridized carbons (Fsp3) is 0.129. The number of sulfonamides is 1. The van der Waals surface area contributed by atoms with Gasteiger partial charge in [-0.15, -0.1) is 0 Å². The molecule has 4 aromatic rings. The molecule has 3 heterocycles. The molecule has 12 nitrogen and oxygen atoms in total. The molecule has 0 aliphatic carbocycles. The van der Waals surface area contributed by atoms with Crippen LogP contribution in [0.1, 0.15) is 35.3 Å². The first kappa shape index (κ1) is 34.2. The quantitative estimate of drug-likeness (QED) is 0.210. The number of amides is 1. The number of carboxylic acid groups (broad SMARTS) is 1. The van der Waals surface area contributed by atoms with E-state index < -0.39 is 27.7 Å². The lowest BCUT2D eigenvalue weighted by Gasteiger charge is -2.28. The van der Waals surface area contributed by atoms with Gasteiger partial charge in [0.25, 0.3) is 15.9 Å². The van der Waals surface area contributed by atoms with Gasteiger partial charge in [-0.2, -0.15) is 0 Å². The Kier molecular flexibility index (Phi) is 11.4. The predicted octanol–water partition coefficient (Wildman–Crippen LogP) is 5.66. The number of aromatic carboxylic acids is 1. The maximum atomic E-state index is 12.5. The highest BCUT2D eigenvalue weighted by Gasteiger charge is 2.37. The van der Waals surface area contributed by atoms with Crippen LogP contribution < -0.4 is 10.6 Å². The molecule has 2 aromatic carbocycles. The number of pyridine rings is 2. The summed E-state index contributed by atoms with van der Waals surface area (Å²) in [5.74, 6) is -1.46. The van der Waals surface area contributed by atoms with Gasteiger partial charge in [0, 0.05) is 35.7 Å². The lowest BCUT2D eigenvalue weighted by atomic mass is 10.1. The molecule has 1 aliphatic heterocycles. The number of carbonyl (C=O) groups excluding carboxylic acids is 2. The number of aromatic nitrogens is 2. The fourth-order valence-electron chi connectivity index (χ4n) is 3.84. The van der Waals surface area contributed by atoms with Crippen LogP contribution in [0.4, 0.5) is 17.3 Å². The molecule has 0 saturated carbocycles. The molecule has 0 atom stereocenters. The SMILES string of the molecule is CC(C)=O.CN1C(C(=O)Nc2ccccn2)=C(O)c2ccccc2S1(=O)=O.Cc1c(Cl)cccc1Nc1ncccc1C(=O)O. The number of rotatable bonds is 5. The molecule has 234 valence electrons. The zero-order chi connectivity index (χ0) is 33.3. The number of aliphatic hydroxyl groups is 1. The number of nitrogens with one attached hydrogen (secondary N) is 2. The van der Waals surface area contributed by atoms with Crippen LogP contribution in [-0.2, 0) is 19.6 Å². The Balaban J connectivity index is 0.000000225. The number of aliphatic hydroxyl groups excluding tert-OH is 1. The minimum absolute atomic E-state index is 0.0469. The second-order valence-electron chi connectivity index (χ2n) is 9.49. The number of Topliss-reactive ketones (excluding diaryl/α,β-unsaturated/α-hetero) is 1. The lowest BCUT2D eigenvalue weighted by Crippen LogP contribution is -2.37. The summed E-state index contributed by atoms with van der Waals surface area (Å²) in [6.45, 7) is 4.91. The third kappa shape index (κ3) is 8.43. The van der Waals surface area contributed by atoms with E-state index in [0.29, 0.717) is 10.8 Å². The monoisotopic (exact) mass is 651 g/mol. The number of nitrogens with zero attached hydrogens (tertiary/aromatic N) is 3. The van der Waals surface area contributed by atoms with Crippen LogP contribution in [-0.4, -0.2) is 57.6 Å². The van der Waals surface area contributed by atoms with Crippen molar-refractivity contribution in [3.05, 3.63) is 113 Å². The van der Waals surface area contributed by atoms with Crippen molar-refractivity contribution < 1.29 is 33.0 Å². The van der Waals surface area contributed by atoms with E-state index in [1.165, 1.54) is 51.5 Å². The molecular formula is C31H30ClN5O7S. The number of fused-ring (bicyclic) bond motifs is 1. The van der Waals surface area contributed by atoms with E-state index in [1.807, 2.05) is 13.0 Å². The van der Waals surface area contributed by atoms with Crippen molar-refractivity contribution in [1.82, 2.24) is 14.3 Å². The summed E-state index contributed by atoms with van der Waals surface area (Å²) in [4.78, 5) is 40.8. The highest BCUT2D eigenvalue weighted by molar-refractivity contribution is 7.89. The van der Waals surface area contributed by atoms with E-state index in [0.717, 1.165) is 15.6 Å². The summed E-state index contributed by atoms with van der Waals surface area (Å²) in [6.07, 6.45) is 3.02. The van der Waals surface area contributed by atoms with Crippen LogP contribution in [0.25, 0.3) is 5.76 Å². The largest absolute Gasteiger partial charge is 0.505 e. The lowest BCUT2D eigenvalue weighted by molar-refractivity contribution is -0.115. The van der Waals surface area contributed by atoms with Crippen molar-refractivity contribution in [3.63, 3.8) is 0 Å². The number of halogens is 1. The van der Waals surface area contributed by atoms with Gasteiger partial charge in [-0.3, -0.25) is 9.10 Å². The first-order valence-corrected chi connectivity index (χ1v) is 15.0. The third-order valence-electron chi connectivity index (χ3n) is 6.00. The number of anilines is 3. The summed E-state index contributed by atoms with van der Waals surface area (Å²) in [6, 6.07) is 19.3. The Morgan fingerprint density at radius 1 is 0.889 bits per heavy atom. The summed E-state index contributed by atoms with van der Waals surface area (Å²) >= 11 is 6.01. The van der Waals surface area contributed by atoms with Crippen LogP contribution in [0.15, 0.2) is 95.8 Å². The van der Waals surface area contributed by atoms with Gasteiger partial charge in [-0.25, -0.2) is 23.2 Å². The minimum atomic E-state index is -3.91. The second kappa shape index (κ2) is 14.9. The Bertz CT molecular complexity index is 1860. The molecule has 0 bridgehead atoms. The molecule has 2 aromatic heterocycles. The number of hydrogen-bond acceptors (Lipinski definition) is 9. The number of hydrogen-bond donors (Lipinski definition) is 4. The van der Waals surface area contributed by atoms with Crippen molar-refractivity contribution in [3.8, 4) is 0 Å². The van der Waals surface area contributed by atoms with E-state index in [9.17, 15) is 27.9 Å². The Morgan fingerprint density at radius 2 is 1.53 bits per heavy atom. The Labute approximate surface area is 265 Å². The standard InChI is InChI=1S/C15H13N3O4S.C13H11ClN2O2.C3H6O/c1-18-13(15(20)17-12-8-4-5-9-16-12)14(19)10-6-2-3-7-11(10)23(18,21)22;1-8-10(14)5-2-6-11(8)16-12-9(13(17)18)4-3-7-15-12;1-3(2)4/h2-9,19H,1H3,(H,16,17,20);2-7H,1H3,(H,15,16)(H,17,18);1-2H3. The predicted molar refractivity (Wildman–Crippen MR) is 171 cm³/mol. The fourth-order valence-corrected chi connectivity index (χ4v) is 5.41. The van der Waals surface area contributed by atoms with Crippen molar-refractivity contribution in [2.24, 2.45) is 0 Å². The number of carboxylic acids is 1. The van der Waals surface area contributed by atoms with Gasteiger partial charge in [-0.05, 0) is 74.9 Å². The van der Waals surface area contributed by atoms with Gasteiger partial charge in [-0.1, -0.05) is 35.9 Å². The van der Waals surface area contributed by atoms with Crippen molar-refractivity contribution >= 4 is 62.4 Å². The van der Waals surface area contributed by atoms with Crippen molar-refractivity contribution in [2.45, 2.75) is 25.7 Å². The highest BCUT2D eigenvalue weighted by atomic mass is 35.5. The number of carbonyl (C=O) groups is 3. The Morgan fingerprint density at radius 3 is 2.18 bits per heavy atom. The Hall–Kier alpha value is -5.27. The van der Waals surface area contributed by atoms with E-state index in [4.69, 9.17) is 16.7 Å². The molecule has 0 saturated heterocycles. The molecule has 0 fully saturated rings. The molecule has 45 heavy (non-hydrogen) atoms. The van der Waals surface area contributed by atoms with Crippen LogP contribution >= 0.6 is 11.6 Å². The normalized spacial score (nSPS) is 12.8. The molecule has 0 radical (unpaired) electrons. The van der Waals surface area contributed by atoms with E-state index in [2.05, 4.69) is 20.6 Å². The summed E-state index contributed by atoms with van der Waals surface area (Å²) in [5.41, 5.74) is 1.45. The zero-order valence-electron chi connectivity index (χ0n) is 24.6. The number of ketones is 1. The molecule has 1 aliphatic rings. The first-order valence-electron chi connectivity index (χ1n) is 13.2. The molecule has 14 heteroatoms. The molecular weight excluding hydrogens is 622 g/mol. The maximum absolute atomic E-state index is 12.5. The molecule has 5 rings (SSSR count). The topological polar surface area (TPSA) is 179 Å². The maximum Gasteiger partial charge on any atom is 0.339 e. The van der Waals surface area contributed by atoms with Gasteiger partial charge < -0.3 is 25.6 Å². The average molecular weight is 652 g/mol. The third-order valence-corrected chi connectivity index (χ3v) is 8.23. The number of likely N-dealkylation sites (N-methyl/N-ethyl adjacent to an activating group) is 1. The zero-order valence-corrected chi connectivity index (χ0v) is 26.2. The smallest absolute Gasteiger partial charge is 0.339 e. The average Bonchev–Trinajstić information content (AvgIpc) is 2.99. The minimum Gasteiger partial charge on any atom is -0.505 e. The first-order chi connectivity index (χ1) is 21.2. The molecule has 4 N–H and O–H groups in total. The van der Waals surface area contributed by atoms with Gasteiger partial charge >= 0.3 is 5.97 Å². The van der Waals surface area contributed by atoms with Gasteiger partial charge in [0.1, 0.15) is 23.0 Å².